The molecule has 3 heterocycles. The lowest BCUT2D eigenvalue weighted by Gasteiger charge is -2.82. The molecule has 152 valence electrons. The normalized spacial score (nSPS) is 55.0. The highest BCUT2D eigenvalue weighted by atomic mass is 16.5. The summed E-state index contributed by atoms with van der Waals surface area (Å²) in [5.41, 5.74) is -0.0923. The van der Waals surface area contributed by atoms with Crippen LogP contribution >= 0.6 is 0 Å². The number of esters is 1. The van der Waals surface area contributed by atoms with Crippen molar-refractivity contribution >= 4 is 5.97 Å². The molecule has 3 aliphatic carbocycles. The van der Waals surface area contributed by atoms with Crippen LogP contribution in [0.25, 0.3) is 0 Å². The van der Waals surface area contributed by atoms with Crippen LogP contribution in [0.1, 0.15) is 72.1 Å². The first kappa shape index (κ1) is 18.4. The third kappa shape index (κ3) is 2.00. The van der Waals surface area contributed by atoms with Crippen LogP contribution in [0.2, 0.25) is 0 Å². The minimum atomic E-state index is -0.579. The van der Waals surface area contributed by atoms with Crippen molar-refractivity contribution in [1.29, 1.82) is 0 Å². The Kier molecular flexibility index (Phi) is 3.90. The van der Waals surface area contributed by atoms with E-state index >= 15 is 0 Å². The molecule has 6 fully saturated rings. The molecule has 9 atom stereocenters. The van der Waals surface area contributed by atoms with Gasteiger partial charge in [0, 0.05) is 24.9 Å². The maximum absolute atomic E-state index is 12.2. The standard InChI is InChI=1S/C23H37NO3/c1-14(2)16-7-10-21(3)15-12-18-17-6-5-9-23(18,26)24(13-15)20(16)22(17,21)11-8-19(25)27-4/h14-18,20,26H,5-13H2,1-4H3/t15-,16-,17+,18-,20+,21-,22+,23-/m1/s1. The average molecular weight is 376 g/mol. The molecule has 0 spiro atoms. The first-order valence-electron chi connectivity index (χ1n) is 11.4. The van der Waals surface area contributed by atoms with Crippen molar-refractivity contribution < 1.29 is 14.6 Å². The number of ether oxygens (including phenoxy) is 1. The Morgan fingerprint density at radius 1 is 1.26 bits per heavy atom. The summed E-state index contributed by atoms with van der Waals surface area (Å²) in [4.78, 5) is 14.8. The third-order valence-corrected chi connectivity index (χ3v) is 10.3. The van der Waals surface area contributed by atoms with E-state index in [1.54, 1.807) is 0 Å². The third-order valence-electron chi connectivity index (χ3n) is 10.3. The quantitative estimate of drug-likeness (QED) is 0.759. The van der Waals surface area contributed by atoms with Gasteiger partial charge in [-0.3, -0.25) is 9.69 Å². The molecule has 6 rings (SSSR count). The van der Waals surface area contributed by atoms with Gasteiger partial charge in [0.15, 0.2) is 0 Å². The van der Waals surface area contributed by atoms with Gasteiger partial charge in [0.2, 0.25) is 0 Å². The Bertz CT molecular complexity index is 650. The van der Waals surface area contributed by atoms with Gasteiger partial charge in [-0.15, -0.1) is 0 Å². The van der Waals surface area contributed by atoms with Crippen LogP contribution in [0.15, 0.2) is 0 Å². The molecule has 3 saturated carbocycles. The minimum Gasteiger partial charge on any atom is -0.469 e. The van der Waals surface area contributed by atoms with Crippen molar-refractivity contribution in [3.63, 3.8) is 0 Å². The Hall–Kier alpha value is -0.610. The molecular weight excluding hydrogens is 338 g/mol. The van der Waals surface area contributed by atoms with E-state index in [1.165, 1.54) is 32.8 Å². The summed E-state index contributed by atoms with van der Waals surface area (Å²) in [6.07, 6.45) is 8.59. The number of carbonyl (C=O) groups excluding carboxylic acids is 1. The molecule has 8 bridgehead atoms. The van der Waals surface area contributed by atoms with Gasteiger partial charge in [0.05, 0.1) is 7.11 Å². The molecule has 0 aromatic carbocycles. The van der Waals surface area contributed by atoms with E-state index in [9.17, 15) is 9.90 Å². The Morgan fingerprint density at radius 2 is 2.04 bits per heavy atom. The molecule has 0 amide bonds. The Morgan fingerprint density at radius 3 is 2.74 bits per heavy atom. The fourth-order valence-corrected chi connectivity index (χ4v) is 9.25. The van der Waals surface area contributed by atoms with Gasteiger partial charge < -0.3 is 9.84 Å². The SMILES string of the molecule is COC(=O)CC[C@]12[C@@H]3[C@@H](C(C)C)CC[C@]1(C)[C@@H]1C[C@@H]4[C@@H]2CCC[C@]4(O)N3C1. The van der Waals surface area contributed by atoms with Crippen LogP contribution in [0.5, 0.6) is 0 Å². The second kappa shape index (κ2) is 5.72. The van der Waals surface area contributed by atoms with E-state index in [1.807, 2.05) is 0 Å². The molecule has 6 aliphatic rings. The van der Waals surface area contributed by atoms with Gasteiger partial charge in [0.25, 0.3) is 0 Å². The zero-order valence-corrected chi connectivity index (χ0v) is 17.5. The largest absolute Gasteiger partial charge is 0.469 e. The van der Waals surface area contributed by atoms with Crippen LogP contribution in [0.3, 0.4) is 0 Å². The Labute approximate surface area is 164 Å². The van der Waals surface area contributed by atoms with Crippen molar-refractivity contribution in [3.8, 4) is 0 Å². The summed E-state index contributed by atoms with van der Waals surface area (Å²) >= 11 is 0. The second-order valence-corrected chi connectivity index (χ2v) is 11.0. The van der Waals surface area contributed by atoms with Gasteiger partial charge in [-0.25, -0.2) is 0 Å². The summed E-state index contributed by atoms with van der Waals surface area (Å²) in [5, 5.41) is 11.9. The zero-order valence-electron chi connectivity index (χ0n) is 17.5. The molecule has 4 heteroatoms. The molecule has 3 saturated heterocycles. The first-order chi connectivity index (χ1) is 12.8. The summed E-state index contributed by atoms with van der Waals surface area (Å²) in [6.45, 7) is 8.37. The lowest BCUT2D eigenvalue weighted by atomic mass is 9.31. The molecule has 0 aromatic heterocycles. The number of carbonyl (C=O) groups is 1. The molecule has 4 nitrogen and oxygen atoms in total. The summed E-state index contributed by atoms with van der Waals surface area (Å²) in [7, 11) is 1.52. The highest BCUT2D eigenvalue weighted by molar-refractivity contribution is 5.69. The van der Waals surface area contributed by atoms with Crippen LogP contribution in [0, 0.1) is 40.4 Å². The number of hydrogen-bond acceptors (Lipinski definition) is 4. The van der Waals surface area contributed by atoms with E-state index < -0.39 is 5.72 Å². The van der Waals surface area contributed by atoms with Crippen LogP contribution in [0.4, 0.5) is 0 Å². The highest BCUT2D eigenvalue weighted by Crippen LogP contribution is 2.78. The number of aliphatic hydroxyl groups is 1. The fraction of sp³-hybridized carbons (Fsp3) is 0.957. The van der Waals surface area contributed by atoms with E-state index in [0.29, 0.717) is 47.5 Å². The van der Waals surface area contributed by atoms with Crippen LogP contribution < -0.4 is 0 Å². The lowest BCUT2D eigenvalue weighted by molar-refractivity contribution is -0.388. The van der Waals surface area contributed by atoms with E-state index in [4.69, 9.17) is 4.74 Å². The maximum atomic E-state index is 12.2. The first-order valence-corrected chi connectivity index (χ1v) is 11.4. The fourth-order valence-electron chi connectivity index (χ4n) is 9.25. The van der Waals surface area contributed by atoms with Crippen molar-refractivity contribution in [2.45, 2.75) is 83.9 Å². The van der Waals surface area contributed by atoms with Crippen molar-refractivity contribution in [1.82, 2.24) is 4.90 Å². The molecule has 3 aliphatic heterocycles. The predicted octanol–water partition coefficient (Wildman–Crippen LogP) is 3.82. The summed E-state index contributed by atoms with van der Waals surface area (Å²) in [6, 6.07) is 0.434. The van der Waals surface area contributed by atoms with Gasteiger partial charge >= 0.3 is 5.97 Å². The van der Waals surface area contributed by atoms with E-state index in [-0.39, 0.29) is 11.4 Å². The monoisotopic (exact) mass is 375 g/mol. The topological polar surface area (TPSA) is 49.8 Å². The van der Waals surface area contributed by atoms with E-state index in [2.05, 4.69) is 25.7 Å². The smallest absolute Gasteiger partial charge is 0.305 e. The minimum absolute atomic E-state index is 0.0606. The van der Waals surface area contributed by atoms with Crippen molar-refractivity contribution in [3.05, 3.63) is 0 Å². The maximum Gasteiger partial charge on any atom is 0.305 e. The van der Waals surface area contributed by atoms with Crippen LogP contribution in [-0.4, -0.2) is 41.4 Å². The Balaban J connectivity index is 1.67. The predicted molar refractivity (Wildman–Crippen MR) is 104 cm³/mol. The van der Waals surface area contributed by atoms with Crippen LogP contribution in [-0.2, 0) is 9.53 Å². The van der Waals surface area contributed by atoms with E-state index in [0.717, 1.165) is 25.8 Å². The number of piperidine rings is 3. The van der Waals surface area contributed by atoms with Gasteiger partial charge in [0.1, 0.15) is 5.72 Å². The number of methoxy groups -OCH3 is 1. The average Bonchev–Trinajstić information content (AvgIpc) is 2.62. The number of hydrogen-bond donors (Lipinski definition) is 1. The van der Waals surface area contributed by atoms with Crippen molar-refractivity contribution in [2.75, 3.05) is 13.7 Å². The second-order valence-electron chi connectivity index (χ2n) is 11.0. The van der Waals surface area contributed by atoms with Crippen molar-refractivity contribution in [2.24, 2.45) is 40.4 Å². The number of rotatable bonds is 4. The summed E-state index contributed by atoms with van der Waals surface area (Å²) < 4.78 is 5.06. The van der Waals surface area contributed by atoms with Gasteiger partial charge in [-0.05, 0) is 79.4 Å². The molecule has 27 heavy (non-hydrogen) atoms. The lowest BCUT2D eigenvalue weighted by Crippen LogP contribution is -2.86. The molecule has 1 N–H and O–H groups in total. The molecule has 1 unspecified atom stereocenters. The molecular formula is C23H37NO3. The highest BCUT2D eigenvalue weighted by Gasteiger charge is 2.78. The molecule has 0 radical (unpaired) electrons. The zero-order chi connectivity index (χ0) is 19.2. The molecule has 0 aromatic rings. The van der Waals surface area contributed by atoms with Gasteiger partial charge in [-0.2, -0.15) is 0 Å². The number of nitrogens with zero attached hydrogens (tertiary/aromatic N) is 1. The van der Waals surface area contributed by atoms with Gasteiger partial charge in [-0.1, -0.05) is 20.8 Å². The summed E-state index contributed by atoms with van der Waals surface area (Å²) in [5.74, 6) is 2.86.